The van der Waals surface area contributed by atoms with Crippen molar-refractivity contribution in [1.82, 2.24) is 24.9 Å². The van der Waals surface area contributed by atoms with E-state index in [2.05, 4.69) is 56.4 Å². The van der Waals surface area contributed by atoms with E-state index < -0.39 is 0 Å². The maximum atomic E-state index is 5.98. The number of morpholine rings is 1. The van der Waals surface area contributed by atoms with Crippen molar-refractivity contribution in [2.24, 2.45) is 18.0 Å². The number of aromatic nitrogens is 2. The Morgan fingerprint density at radius 3 is 2.72 bits per heavy atom. The Morgan fingerprint density at radius 1 is 1.22 bits per heavy atom. The van der Waals surface area contributed by atoms with Crippen LogP contribution in [0.25, 0.3) is 0 Å². The van der Waals surface area contributed by atoms with Crippen LogP contribution in [0.2, 0.25) is 0 Å². The van der Waals surface area contributed by atoms with E-state index in [9.17, 15) is 0 Å². The van der Waals surface area contributed by atoms with Crippen LogP contribution in [0.4, 0.5) is 0 Å². The number of hydrogen-bond donors (Lipinski definition) is 1. The molecule has 3 heterocycles. The lowest BCUT2D eigenvalue weighted by molar-refractivity contribution is -0.00805. The van der Waals surface area contributed by atoms with Gasteiger partial charge in [0.1, 0.15) is 6.10 Å². The number of halogens is 1. The minimum Gasteiger partial charge on any atom is -0.370 e. The Morgan fingerprint density at radius 2 is 2.00 bits per heavy atom. The number of likely N-dealkylation sites (tertiary alicyclic amines) is 1. The molecule has 2 aliphatic rings. The minimum atomic E-state index is 0. The normalized spacial score (nSPS) is 20.8. The number of aliphatic imine (C=N–C) groups is 1. The van der Waals surface area contributed by atoms with Gasteiger partial charge in [0, 0.05) is 45.5 Å². The zero-order valence-electron chi connectivity index (χ0n) is 19.5. The number of benzene rings is 1. The van der Waals surface area contributed by atoms with Gasteiger partial charge in [-0.05, 0) is 43.0 Å². The van der Waals surface area contributed by atoms with E-state index >= 15 is 0 Å². The monoisotopic (exact) mass is 552 g/mol. The molecule has 2 aliphatic heterocycles. The van der Waals surface area contributed by atoms with E-state index in [1.165, 1.54) is 37.1 Å². The SMILES string of the molecule is CN=C(NCc1cccc(CN2CCC(C)CC2)c1)N1CCOC(c2cnn(C)c2)C1.I. The average Bonchev–Trinajstić information content (AvgIpc) is 3.23. The van der Waals surface area contributed by atoms with Gasteiger partial charge in [-0.3, -0.25) is 14.6 Å². The summed E-state index contributed by atoms with van der Waals surface area (Å²) in [5.41, 5.74) is 3.80. The van der Waals surface area contributed by atoms with Gasteiger partial charge in [-0.25, -0.2) is 0 Å². The highest BCUT2D eigenvalue weighted by Crippen LogP contribution is 2.22. The van der Waals surface area contributed by atoms with Crippen LogP contribution >= 0.6 is 24.0 Å². The van der Waals surface area contributed by atoms with Crippen LogP contribution < -0.4 is 5.32 Å². The molecule has 8 heteroatoms. The number of aryl methyl sites for hydroxylation is 1. The van der Waals surface area contributed by atoms with Crippen molar-refractivity contribution in [3.05, 3.63) is 53.3 Å². The third-order valence-corrected chi connectivity index (χ3v) is 6.40. The molecular weight excluding hydrogens is 515 g/mol. The molecule has 0 spiro atoms. The first-order chi connectivity index (χ1) is 15.1. The van der Waals surface area contributed by atoms with Crippen molar-refractivity contribution < 1.29 is 4.74 Å². The summed E-state index contributed by atoms with van der Waals surface area (Å²) in [4.78, 5) is 9.39. The molecule has 32 heavy (non-hydrogen) atoms. The molecule has 0 amide bonds. The topological polar surface area (TPSA) is 57.9 Å². The molecule has 176 valence electrons. The van der Waals surface area contributed by atoms with Crippen LogP contribution in [-0.4, -0.2) is 65.4 Å². The van der Waals surface area contributed by atoms with Crippen LogP contribution in [0.15, 0.2) is 41.7 Å². The molecule has 7 nitrogen and oxygen atoms in total. The minimum absolute atomic E-state index is 0. The Hall–Kier alpha value is -1.65. The average molecular weight is 553 g/mol. The van der Waals surface area contributed by atoms with Gasteiger partial charge in [0.25, 0.3) is 0 Å². The van der Waals surface area contributed by atoms with E-state index in [0.29, 0.717) is 6.61 Å². The predicted molar refractivity (Wildman–Crippen MR) is 139 cm³/mol. The van der Waals surface area contributed by atoms with Crippen LogP contribution in [0.1, 0.15) is 42.6 Å². The van der Waals surface area contributed by atoms with Crippen LogP contribution in [0.3, 0.4) is 0 Å². The molecule has 1 atom stereocenters. The van der Waals surface area contributed by atoms with E-state index in [-0.39, 0.29) is 30.1 Å². The Balaban J connectivity index is 0.00000289. The molecule has 1 unspecified atom stereocenters. The largest absolute Gasteiger partial charge is 0.370 e. The highest BCUT2D eigenvalue weighted by molar-refractivity contribution is 14.0. The summed E-state index contributed by atoms with van der Waals surface area (Å²) in [6.07, 6.45) is 6.57. The van der Waals surface area contributed by atoms with Crippen molar-refractivity contribution >= 4 is 29.9 Å². The van der Waals surface area contributed by atoms with Crippen molar-refractivity contribution in [3.63, 3.8) is 0 Å². The Labute approximate surface area is 209 Å². The molecule has 2 saturated heterocycles. The number of piperidine rings is 1. The number of hydrogen-bond acceptors (Lipinski definition) is 4. The highest BCUT2D eigenvalue weighted by Gasteiger charge is 2.25. The first-order valence-electron chi connectivity index (χ1n) is 11.5. The lowest BCUT2D eigenvalue weighted by Gasteiger charge is -2.34. The second kappa shape index (κ2) is 12.0. The lowest BCUT2D eigenvalue weighted by atomic mass is 9.98. The van der Waals surface area contributed by atoms with E-state index in [4.69, 9.17) is 4.74 Å². The summed E-state index contributed by atoms with van der Waals surface area (Å²) < 4.78 is 7.80. The van der Waals surface area contributed by atoms with E-state index in [1.54, 1.807) is 0 Å². The van der Waals surface area contributed by atoms with Crippen molar-refractivity contribution in [3.8, 4) is 0 Å². The molecule has 2 fully saturated rings. The van der Waals surface area contributed by atoms with Gasteiger partial charge in [0.05, 0.1) is 19.3 Å². The van der Waals surface area contributed by atoms with Crippen LogP contribution in [0.5, 0.6) is 0 Å². The maximum absolute atomic E-state index is 5.98. The van der Waals surface area contributed by atoms with Crippen molar-refractivity contribution in [2.45, 2.75) is 39.0 Å². The van der Waals surface area contributed by atoms with Gasteiger partial charge in [0.15, 0.2) is 5.96 Å². The van der Waals surface area contributed by atoms with Crippen LogP contribution in [0, 0.1) is 5.92 Å². The van der Waals surface area contributed by atoms with Crippen molar-refractivity contribution in [1.29, 1.82) is 0 Å². The summed E-state index contributed by atoms with van der Waals surface area (Å²) in [5.74, 6) is 1.80. The van der Waals surface area contributed by atoms with Gasteiger partial charge in [-0.1, -0.05) is 31.2 Å². The summed E-state index contributed by atoms with van der Waals surface area (Å²) >= 11 is 0. The highest BCUT2D eigenvalue weighted by atomic mass is 127. The molecule has 4 rings (SSSR count). The third-order valence-electron chi connectivity index (χ3n) is 6.40. The van der Waals surface area contributed by atoms with E-state index in [1.807, 2.05) is 31.2 Å². The summed E-state index contributed by atoms with van der Waals surface area (Å²) in [5, 5.41) is 7.84. The van der Waals surface area contributed by atoms with Gasteiger partial charge >= 0.3 is 0 Å². The molecule has 0 radical (unpaired) electrons. The van der Waals surface area contributed by atoms with Gasteiger partial charge < -0.3 is 15.0 Å². The predicted octanol–water partition coefficient (Wildman–Crippen LogP) is 3.42. The fourth-order valence-corrected chi connectivity index (χ4v) is 4.48. The summed E-state index contributed by atoms with van der Waals surface area (Å²) in [6, 6.07) is 8.95. The number of guanidine groups is 1. The zero-order valence-corrected chi connectivity index (χ0v) is 21.9. The number of nitrogens with zero attached hydrogens (tertiary/aromatic N) is 5. The molecule has 1 aromatic heterocycles. The van der Waals surface area contributed by atoms with Gasteiger partial charge in [0.2, 0.25) is 0 Å². The van der Waals surface area contributed by atoms with E-state index in [0.717, 1.165) is 43.6 Å². The Kier molecular flexibility index (Phi) is 9.36. The quantitative estimate of drug-likeness (QED) is 0.350. The van der Waals surface area contributed by atoms with Crippen LogP contribution in [-0.2, 0) is 24.9 Å². The second-order valence-corrected chi connectivity index (χ2v) is 8.93. The molecular formula is C24H37IN6O. The first-order valence-corrected chi connectivity index (χ1v) is 11.5. The van der Waals surface area contributed by atoms with Gasteiger partial charge in [-0.15, -0.1) is 24.0 Å². The Bertz CT molecular complexity index is 877. The lowest BCUT2D eigenvalue weighted by Crippen LogP contribution is -2.47. The zero-order chi connectivity index (χ0) is 21.6. The second-order valence-electron chi connectivity index (χ2n) is 8.93. The molecule has 2 aromatic rings. The number of nitrogens with one attached hydrogen (secondary N) is 1. The fourth-order valence-electron chi connectivity index (χ4n) is 4.48. The summed E-state index contributed by atoms with van der Waals surface area (Å²) in [6.45, 7) is 8.91. The molecule has 0 saturated carbocycles. The summed E-state index contributed by atoms with van der Waals surface area (Å²) in [7, 11) is 3.79. The number of rotatable bonds is 5. The molecule has 0 bridgehead atoms. The smallest absolute Gasteiger partial charge is 0.194 e. The number of ether oxygens (including phenoxy) is 1. The fraction of sp³-hybridized carbons (Fsp3) is 0.583. The molecule has 0 aliphatic carbocycles. The molecule has 1 N–H and O–H groups in total. The standard InChI is InChI=1S/C24H36N6O.HI/c1-19-7-9-29(10-8-19)16-21-6-4-5-20(13-21)14-26-24(25-2)30-11-12-31-23(18-30)22-15-27-28(3)17-22;/h4-6,13,15,17,19,23H,7-12,14,16,18H2,1-3H3,(H,25,26);1H. The van der Waals surface area contributed by atoms with Crippen molar-refractivity contribution in [2.75, 3.05) is 39.8 Å². The molecule has 1 aromatic carbocycles. The maximum Gasteiger partial charge on any atom is 0.194 e. The van der Waals surface area contributed by atoms with Gasteiger partial charge in [-0.2, -0.15) is 5.10 Å². The first kappa shape index (κ1) is 25.0. The third kappa shape index (κ3) is 6.68.